The first-order valence-electron chi connectivity index (χ1n) is 10.3. The molecule has 0 radical (unpaired) electrons. The average Bonchev–Trinajstić information content (AvgIpc) is 2.95. The van der Waals surface area contributed by atoms with E-state index in [0.29, 0.717) is 10.7 Å². The van der Waals surface area contributed by atoms with E-state index >= 15 is 0 Å². The fourth-order valence-electron chi connectivity index (χ4n) is 3.55. The summed E-state index contributed by atoms with van der Waals surface area (Å²) < 4.78 is 25.8. The Morgan fingerprint density at radius 3 is 2.42 bits per heavy atom. The molecule has 0 aromatic heterocycles. The van der Waals surface area contributed by atoms with E-state index in [-0.39, 0.29) is 17.3 Å². The first-order chi connectivity index (χ1) is 14.8. The lowest BCUT2D eigenvalue weighted by Crippen LogP contribution is -2.36. The highest BCUT2D eigenvalue weighted by Crippen LogP contribution is 2.26. The Hall–Kier alpha value is -1.97. The molecule has 7 nitrogen and oxygen atoms in total. The van der Waals surface area contributed by atoms with Crippen LogP contribution in [0.5, 0.6) is 0 Å². The van der Waals surface area contributed by atoms with Crippen molar-refractivity contribution in [3.8, 4) is 0 Å². The lowest BCUT2D eigenvalue weighted by molar-refractivity contribution is -0.117. The molecule has 3 rings (SSSR count). The van der Waals surface area contributed by atoms with Crippen molar-refractivity contribution in [1.82, 2.24) is 14.1 Å². The molecule has 0 unspecified atom stereocenters. The number of hydrogen-bond acceptors (Lipinski definition) is 5. The van der Waals surface area contributed by atoms with Crippen molar-refractivity contribution < 1.29 is 13.2 Å². The van der Waals surface area contributed by atoms with Gasteiger partial charge in [-0.1, -0.05) is 41.9 Å². The van der Waals surface area contributed by atoms with E-state index in [9.17, 15) is 13.2 Å². The van der Waals surface area contributed by atoms with Gasteiger partial charge in [0.2, 0.25) is 15.9 Å². The number of sulfonamides is 1. The molecule has 1 amide bonds. The number of anilines is 1. The second-order valence-corrected chi connectivity index (χ2v) is 10.4. The molecule has 0 spiro atoms. The van der Waals surface area contributed by atoms with Crippen LogP contribution in [0.1, 0.15) is 12.0 Å². The highest BCUT2D eigenvalue weighted by molar-refractivity contribution is 7.89. The van der Waals surface area contributed by atoms with Crippen LogP contribution < -0.4 is 5.32 Å². The van der Waals surface area contributed by atoms with Gasteiger partial charge in [-0.25, -0.2) is 12.7 Å². The summed E-state index contributed by atoms with van der Waals surface area (Å²) >= 11 is 6.19. The quantitative estimate of drug-likeness (QED) is 0.682. The Labute approximate surface area is 189 Å². The molecule has 2 aromatic carbocycles. The number of nitrogens with one attached hydrogen (secondary N) is 1. The zero-order valence-corrected chi connectivity index (χ0v) is 19.5. The number of hydrogen-bond donors (Lipinski definition) is 1. The summed E-state index contributed by atoms with van der Waals surface area (Å²) in [7, 11) is -0.687. The van der Waals surface area contributed by atoms with Crippen molar-refractivity contribution >= 4 is 33.2 Å². The molecule has 0 bridgehead atoms. The predicted octanol–water partition coefficient (Wildman–Crippen LogP) is 2.74. The summed E-state index contributed by atoms with van der Waals surface area (Å²) in [6, 6.07) is 14.7. The molecule has 31 heavy (non-hydrogen) atoms. The summed E-state index contributed by atoms with van der Waals surface area (Å²) in [6.45, 7) is 4.65. The van der Waals surface area contributed by atoms with Gasteiger partial charge in [-0.05, 0) is 43.3 Å². The number of rotatable bonds is 7. The van der Waals surface area contributed by atoms with Crippen LogP contribution in [0.2, 0.25) is 5.02 Å². The number of benzene rings is 2. The SMILES string of the molecule is CN(C)S(=O)(=O)c1ccc(Cl)c(NC(=O)CN2CCCN(Cc3ccccc3)CC2)c1. The van der Waals surface area contributed by atoms with E-state index in [1.807, 2.05) is 18.2 Å². The molecule has 1 N–H and O–H groups in total. The van der Waals surface area contributed by atoms with E-state index in [1.54, 1.807) is 0 Å². The molecule has 0 aliphatic carbocycles. The summed E-state index contributed by atoms with van der Waals surface area (Å²) in [4.78, 5) is 17.2. The van der Waals surface area contributed by atoms with Crippen LogP contribution in [0.15, 0.2) is 53.4 Å². The van der Waals surface area contributed by atoms with Crippen molar-refractivity contribution in [2.24, 2.45) is 0 Å². The van der Waals surface area contributed by atoms with Crippen LogP contribution in [0.25, 0.3) is 0 Å². The van der Waals surface area contributed by atoms with Crippen LogP contribution in [0.3, 0.4) is 0 Å². The molecule has 1 aliphatic heterocycles. The predicted molar refractivity (Wildman–Crippen MR) is 124 cm³/mol. The van der Waals surface area contributed by atoms with Gasteiger partial charge in [0.25, 0.3) is 0 Å². The van der Waals surface area contributed by atoms with Crippen molar-refractivity contribution in [3.05, 3.63) is 59.1 Å². The van der Waals surface area contributed by atoms with Gasteiger partial charge in [-0.15, -0.1) is 0 Å². The Kier molecular flexibility index (Phi) is 8.07. The van der Waals surface area contributed by atoms with Gasteiger partial charge in [0.05, 0.1) is 22.2 Å². The highest BCUT2D eigenvalue weighted by atomic mass is 35.5. The standard InChI is InChI=1S/C22H29ClN4O3S/c1-25(2)31(29,30)19-9-10-20(23)21(15-19)24-22(28)17-27-12-6-11-26(13-14-27)16-18-7-4-3-5-8-18/h3-5,7-10,15H,6,11-14,16-17H2,1-2H3,(H,24,28). The smallest absolute Gasteiger partial charge is 0.242 e. The lowest BCUT2D eigenvalue weighted by atomic mass is 10.2. The maximum absolute atomic E-state index is 12.6. The minimum absolute atomic E-state index is 0.0866. The summed E-state index contributed by atoms with van der Waals surface area (Å²) in [5.74, 6) is -0.210. The fourth-order valence-corrected chi connectivity index (χ4v) is 4.64. The summed E-state index contributed by atoms with van der Waals surface area (Å²) in [5, 5.41) is 3.07. The van der Waals surface area contributed by atoms with Crippen LogP contribution in [-0.2, 0) is 21.4 Å². The lowest BCUT2D eigenvalue weighted by Gasteiger charge is -2.21. The molecule has 1 fully saturated rings. The van der Waals surface area contributed by atoms with Crippen molar-refractivity contribution in [1.29, 1.82) is 0 Å². The summed E-state index contributed by atoms with van der Waals surface area (Å²) in [5.41, 5.74) is 1.59. The topological polar surface area (TPSA) is 73.0 Å². The molecule has 1 aliphatic rings. The number of amides is 1. The van der Waals surface area contributed by atoms with Crippen LogP contribution in [0, 0.1) is 0 Å². The Morgan fingerprint density at radius 1 is 1.03 bits per heavy atom. The third-order valence-corrected chi connectivity index (χ3v) is 7.43. The van der Waals surface area contributed by atoms with E-state index < -0.39 is 10.0 Å². The van der Waals surface area contributed by atoms with Gasteiger partial charge < -0.3 is 5.32 Å². The van der Waals surface area contributed by atoms with Crippen LogP contribution >= 0.6 is 11.6 Å². The number of nitrogens with zero attached hydrogens (tertiary/aromatic N) is 3. The van der Waals surface area contributed by atoms with Crippen molar-refractivity contribution in [3.63, 3.8) is 0 Å². The molecular formula is C22H29ClN4O3S. The highest BCUT2D eigenvalue weighted by Gasteiger charge is 2.21. The largest absolute Gasteiger partial charge is 0.324 e. The normalized spacial score (nSPS) is 16.3. The molecule has 0 saturated carbocycles. The second kappa shape index (κ2) is 10.6. The molecule has 2 aromatic rings. The molecular weight excluding hydrogens is 436 g/mol. The minimum atomic E-state index is -3.61. The molecule has 168 valence electrons. The zero-order chi connectivity index (χ0) is 22.4. The van der Waals surface area contributed by atoms with E-state index in [2.05, 4.69) is 27.2 Å². The Balaban J connectivity index is 1.57. The Bertz CT molecular complexity index is 999. The van der Waals surface area contributed by atoms with Gasteiger partial charge >= 0.3 is 0 Å². The first kappa shape index (κ1) is 23.7. The van der Waals surface area contributed by atoms with Crippen LogP contribution in [-0.4, -0.2) is 75.2 Å². The second-order valence-electron chi connectivity index (χ2n) is 7.87. The van der Waals surface area contributed by atoms with Crippen molar-refractivity contribution in [2.45, 2.75) is 17.9 Å². The van der Waals surface area contributed by atoms with Gasteiger partial charge in [-0.2, -0.15) is 0 Å². The number of halogens is 1. The van der Waals surface area contributed by atoms with Gasteiger partial charge in [0.15, 0.2) is 0 Å². The van der Waals surface area contributed by atoms with E-state index in [0.717, 1.165) is 43.4 Å². The number of carbonyl (C=O) groups excluding carboxylic acids is 1. The zero-order valence-electron chi connectivity index (χ0n) is 17.9. The molecule has 9 heteroatoms. The Morgan fingerprint density at radius 2 is 1.71 bits per heavy atom. The summed E-state index contributed by atoms with van der Waals surface area (Å²) in [6.07, 6.45) is 0.984. The van der Waals surface area contributed by atoms with Gasteiger partial charge in [0, 0.05) is 33.7 Å². The van der Waals surface area contributed by atoms with E-state index in [1.165, 1.54) is 37.9 Å². The fraction of sp³-hybridized carbons (Fsp3) is 0.409. The molecule has 1 heterocycles. The number of carbonyl (C=O) groups is 1. The third kappa shape index (κ3) is 6.51. The van der Waals surface area contributed by atoms with Crippen molar-refractivity contribution in [2.75, 3.05) is 52.1 Å². The third-order valence-electron chi connectivity index (χ3n) is 5.29. The maximum Gasteiger partial charge on any atom is 0.242 e. The average molecular weight is 465 g/mol. The first-order valence-corrected chi connectivity index (χ1v) is 12.1. The minimum Gasteiger partial charge on any atom is -0.324 e. The van der Waals surface area contributed by atoms with Crippen LogP contribution in [0.4, 0.5) is 5.69 Å². The van der Waals surface area contributed by atoms with E-state index in [4.69, 9.17) is 11.6 Å². The molecule has 1 saturated heterocycles. The van der Waals surface area contributed by atoms with Gasteiger partial charge in [0.1, 0.15) is 0 Å². The molecule has 0 atom stereocenters. The van der Waals surface area contributed by atoms with Gasteiger partial charge in [-0.3, -0.25) is 14.6 Å². The monoisotopic (exact) mass is 464 g/mol. The maximum atomic E-state index is 12.6.